The molecule has 0 aromatic heterocycles. The number of allylic oxidation sites excluding steroid dienone is 6. The molecule has 0 aliphatic heterocycles. The summed E-state index contributed by atoms with van der Waals surface area (Å²) in [6.45, 7) is 2.16. The first kappa shape index (κ1) is 22.0. The fourth-order valence-electron chi connectivity index (χ4n) is 2.56. The molecule has 1 aromatic carbocycles. The molecular weight excluding hydrogens is 320 g/mol. The molecule has 0 saturated carbocycles. The third kappa shape index (κ3) is 13.2. The quantitative estimate of drug-likeness (QED) is 0.153. The van der Waals surface area contributed by atoms with Gasteiger partial charge >= 0.3 is 5.97 Å². The molecule has 0 bridgehead atoms. The zero-order chi connectivity index (χ0) is 18.7. The van der Waals surface area contributed by atoms with E-state index in [1.807, 2.05) is 30.3 Å². The van der Waals surface area contributed by atoms with Gasteiger partial charge in [-0.05, 0) is 50.7 Å². The summed E-state index contributed by atoms with van der Waals surface area (Å²) in [4.78, 5) is 11.7. The van der Waals surface area contributed by atoms with E-state index in [2.05, 4.69) is 43.4 Å². The maximum Gasteiger partial charge on any atom is 0.311 e. The van der Waals surface area contributed by atoms with Crippen molar-refractivity contribution in [2.45, 2.75) is 71.1 Å². The van der Waals surface area contributed by atoms with Crippen LogP contribution >= 0.6 is 0 Å². The highest BCUT2D eigenvalue weighted by atomic mass is 16.5. The molecule has 0 aliphatic rings. The molecule has 0 N–H and O–H groups in total. The van der Waals surface area contributed by atoms with Gasteiger partial charge in [-0.3, -0.25) is 4.79 Å². The van der Waals surface area contributed by atoms with Crippen LogP contribution in [0.25, 0.3) is 0 Å². The van der Waals surface area contributed by atoms with Gasteiger partial charge in [-0.1, -0.05) is 80.8 Å². The van der Waals surface area contributed by atoms with Crippen molar-refractivity contribution in [3.8, 4) is 5.75 Å². The second kappa shape index (κ2) is 16.4. The van der Waals surface area contributed by atoms with Gasteiger partial charge in [0.2, 0.25) is 0 Å². The van der Waals surface area contributed by atoms with Crippen LogP contribution in [-0.4, -0.2) is 5.97 Å². The lowest BCUT2D eigenvalue weighted by Crippen LogP contribution is -2.07. The molecule has 0 radical (unpaired) electrons. The van der Waals surface area contributed by atoms with Gasteiger partial charge in [0.1, 0.15) is 5.75 Å². The van der Waals surface area contributed by atoms with Crippen LogP contribution in [-0.2, 0) is 4.79 Å². The van der Waals surface area contributed by atoms with E-state index in [0.717, 1.165) is 38.5 Å². The average molecular weight is 355 g/mol. The lowest BCUT2D eigenvalue weighted by Gasteiger charge is -2.04. The Hall–Kier alpha value is -2.09. The second-order valence-electron chi connectivity index (χ2n) is 6.39. The van der Waals surface area contributed by atoms with Gasteiger partial charge in [0.05, 0.1) is 0 Å². The molecule has 0 atom stereocenters. The highest BCUT2D eigenvalue weighted by Gasteiger charge is 2.03. The SMILES string of the molecule is CC/C=C\C/C=C\C/C=C\CCCCCCCC(=O)Oc1ccccc1. The number of rotatable bonds is 14. The molecule has 0 unspecified atom stereocenters. The van der Waals surface area contributed by atoms with E-state index >= 15 is 0 Å². The Morgan fingerprint density at radius 3 is 2.15 bits per heavy atom. The first-order chi connectivity index (χ1) is 12.8. The summed E-state index contributed by atoms with van der Waals surface area (Å²) in [7, 11) is 0. The van der Waals surface area contributed by atoms with Gasteiger partial charge in [-0.2, -0.15) is 0 Å². The molecule has 2 heteroatoms. The van der Waals surface area contributed by atoms with Crippen LogP contribution in [0.3, 0.4) is 0 Å². The Morgan fingerprint density at radius 1 is 0.808 bits per heavy atom. The van der Waals surface area contributed by atoms with Gasteiger partial charge < -0.3 is 4.74 Å². The van der Waals surface area contributed by atoms with Crippen LogP contribution in [0.5, 0.6) is 5.75 Å². The topological polar surface area (TPSA) is 26.3 Å². The van der Waals surface area contributed by atoms with Crippen molar-refractivity contribution in [1.29, 1.82) is 0 Å². The summed E-state index contributed by atoms with van der Waals surface area (Å²) in [5.74, 6) is 0.508. The monoisotopic (exact) mass is 354 g/mol. The maximum atomic E-state index is 11.7. The summed E-state index contributed by atoms with van der Waals surface area (Å²) in [6.07, 6.45) is 23.9. The van der Waals surface area contributed by atoms with Crippen molar-refractivity contribution >= 4 is 5.97 Å². The Labute approximate surface area is 159 Å². The second-order valence-corrected chi connectivity index (χ2v) is 6.39. The molecule has 2 nitrogen and oxygen atoms in total. The van der Waals surface area contributed by atoms with Crippen LogP contribution in [0.1, 0.15) is 71.1 Å². The Kier molecular flexibility index (Phi) is 13.8. The van der Waals surface area contributed by atoms with Crippen molar-refractivity contribution in [2.75, 3.05) is 0 Å². The summed E-state index contributed by atoms with van der Waals surface area (Å²) in [5.41, 5.74) is 0. The molecule has 26 heavy (non-hydrogen) atoms. The molecular formula is C24H34O2. The van der Waals surface area contributed by atoms with Crippen LogP contribution in [0.4, 0.5) is 0 Å². The highest BCUT2D eigenvalue weighted by Crippen LogP contribution is 2.12. The first-order valence-electron chi connectivity index (χ1n) is 10.0. The highest BCUT2D eigenvalue weighted by molar-refractivity contribution is 5.72. The third-order valence-corrected chi connectivity index (χ3v) is 4.01. The van der Waals surface area contributed by atoms with Gasteiger partial charge in [-0.25, -0.2) is 0 Å². The lowest BCUT2D eigenvalue weighted by atomic mass is 10.1. The molecule has 0 aliphatic carbocycles. The van der Waals surface area contributed by atoms with Crippen molar-refractivity contribution in [3.63, 3.8) is 0 Å². The van der Waals surface area contributed by atoms with E-state index in [9.17, 15) is 4.79 Å². The van der Waals surface area contributed by atoms with Crippen LogP contribution < -0.4 is 4.74 Å². The number of esters is 1. The number of para-hydroxylation sites is 1. The summed E-state index contributed by atoms with van der Waals surface area (Å²) in [5, 5.41) is 0. The molecule has 0 saturated heterocycles. The normalized spacial score (nSPS) is 11.7. The van der Waals surface area contributed by atoms with Crippen molar-refractivity contribution in [1.82, 2.24) is 0 Å². The minimum absolute atomic E-state index is 0.127. The third-order valence-electron chi connectivity index (χ3n) is 4.01. The number of ether oxygens (including phenoxy) is 1. The minimum Gasteiger partial charge on any atom is -0.427 e. The van der Waals surface area contributed by atoms with Crippen LogP contribution in [0.15, 0.2) is 66.8 Å². The van der Waals surface area contributed by atoms with Gasteiger partial charge in [0, 0.05) is 6.42 Å². The lowest BCUT2D eigenvalue weighted by molar-refractivity contribution is -0.134. The van der Waals surface area contributed by atoms with Gasteiger partial charge in [-0.15, -0.1) is 0 Å². The van der Waals surface area contributed by atoms with Gasteiger partial charge in [0.15, 0.2) is 0 Å². The molecule has 0 spiro atoms. The molecule has 0 amide bonds. The fourth-order valence-corrected chi connectivity index (χ4v) is 2.56. The Balaban J connectivity index is 1.89. The molecule has 1 aromatic rings. The number of hydrogen-bond donors (Lipinski definition) is 0. The average Bonchev–Trinajstić information content (AvgIpc) is 2.65. The zero-order valence-electron chi connectivity index (χ0n) is 16.2. The predicted molar refractivity (Wildman–Crippen MR) is 111 cm³/mol. The van der Waals surface area contributed by atoms with E-state index in [1.54, 1.807) is 0 Å². The smallest absolute Gasteiger partial charge is 0.311 e. The van der Waals surface area contributed by atoms with Gasteiger partial charge in [0.25, 0.3) is 0 Å². The van der Waals surface area contributed by atoms with E-state index in [4.69, 9.17) is 4.74 Å². The Morgan fingerprint density at radius 2 is 1.42 bits per heavy atom. The number of benzene rings is 1. The number of carbonyl (C=O) groups excluding carboxylic acids is 1. The summed E-state index contributed by atoms with van der Waals surface area (Å²) < 4.78 is 5.28. The molecule has 1 rings (SSSR count). The van der Waals surface area contributed by atoms with Crippen LogP contribution in [0, 0.1) is 0 Å². The summed E-state index contributed by atoms with van der Waals surface area (Å²) >= 11 is 0. The minimum atomic E-state index is -0.127. The van der Waals surface area contributed by atoms with Crippen LogP contribution in [0.2, 0.25) is 0 Å². The number of hydrogen-bond acceptors (Lipinski definition) is 2. The molecule has 0 fully saturated rings. The molecule has 0 heterocycles. The number of carbonyl (C=O) groups is 1. The van der Waals surface area contributed by atoms with Crippen molar-refractivity contribution in [2.24, 2.45) is 0 Å². The van der Waals surface area contributed by atoms with Crippen molar-refractivity contribution in [3.05, 3.63) is 66.8 Å². The predicted octanol–water partition coefficient (Wildman–Crippen LogP) is 7.18. The van der Waals surface area contributed by atoms with E-state index in [1.165, 1.54) is 19.3 Å². The number of unbranched alkanes of at least 4 members (excludes halogenated alkanes) is 5. The Bertz CT molecular complexity index is 541. The van der Waals surface area contributed by atoms with Crippen molar-refractivity contribution < 1.29 is 9.53 Å². The largest absolute Gasteiger partial charge is 0.427 e. The zero-order valence-corrected chi connectivity index (χ0v) is 16.2. The summed E-state index contributed by atoms with van der Waals surface area (Å²) in [6, 6.07) is 9.28. The van der Waals surface area contributed by atoms with E-state index < -0.39 is 0 Å². The van der Waals surface area contributed by atoms with E-state index in [0.29, 0.717) is 12.2 Å². The molecule has 142 valence electrons. The fraction of sp³-hybridized carbons (Fsp3) is 0.458. The van der Waals surface area contributed by atoms with E-state index in [-0.39, 0.29) is 5.97 Å². The maximum absolute atomic E-state index is 11.7. The first-order valence-corrected chi connectivity index (χ1v) is 10.0. The standard InChI is InChI=1S/C24H34O2/c1-2-3-4-5-6-7-8-9-10-11-12-13-14-15-19-22-24(25)26-23-20-17-16-18-21-23/h3-4,6-7,9-10,16-18,20-21H,2,5,8,11-15,19,22H2,1H3/b4-3-,7-6-,10-9-.